The molecule has 24 heavy (non-hydrogen) atoms. The van der Waals surface area contributed by atoms with Crippen molar-refractivity contribution in [2.24, 2.45) is 16.8 Å². The number of ketones is 1. The van der Waals surface area contributed by atoms with Crippen molar-refractivity contribution in [1.29, 1.82) is 0 Å². The molecule has 0 spiro atoms. The van der Waals surface area contributed by atoms with E-state index in [2.05, 4.69) is 14.8 Å². The van der Waals surface area contributed by atoms with Crippen molar-refractivity contribution >= 4 is 12.0 Å². The second kappa shape index (κ2) is 8.23. The van der Waals surface area contributed by atoms with Gasteiger partial charge in [-0.3, -0.25) is 19.6 Å². The fraction of sp³-hybridized carbons (Fsp3) is 0.778. The molecule has 1 saturated heterocycles. The molecular weight excluding hydrogens is 306 g/mol. The third-order valence-corrected chi connectivity index (χ3v) is 5.45. The summed E-state index contributed by atoms with van der Waals surface area (Å²) >= 11 is 0. The molecule has 1 atom stereocenters. The summed E-state index contributed by atoms with van der Waals surface area (Å²) in [7, 11) is 0. The van der Waals surface area contributed by atoms with Gasteiger partial charge >= 0.3 is 0 Å². The second-order valence-electron chi connectivity index (χ2n) is 7.23. The van der Waals surface area contributed by atoms with Crippen molar-refractivity contribution in [2.45, 2.75) is 25.7 Å². The maximum atomic E-state index is 12.2. The Morgan fingerprint density at radius 2 is 1.71 bits per heavy atom. The van der Waals surface area contributed by atoms with Crippen LogP contribution in [-0.4, -0.2) is 84.4 Å². The Bertz CT molecular complexity index is 506. The Morgan fingerprint density at radius 3 is 2.29 bits per heavy atom. The van der Waals surface area contributed by atoms with E-state index in [4.69, 9.17) is 5.11 Å². The summed E-state index contributed by atoms with van der Waals surface area (Å²) in [5.41, 5.74) is 0.430. The molecule has 1 aliphatic heterocycles. The van der Waals surface area contributed by atoms with Gasteiger partial charge < -0.3 is 10.2 Å². The fourth-order valence-corrected chi connectivity index (χ4v) is 3.72. The molecule has 0 aromatic carbocycles. The lowest BCUT2D eigenvalue weighted by Gasteiger charge is -2.33. The molecule has 0 radical (unpaired) electrons. The maximum Gasteiger partial charge on any atom is 0.168 e. The number of hydrogen-bond donors (Lipinski definition) is 2. The first-order chi connectivity index (χ1) is 11.7. The van der Waals surface area contributed by atoms with E-state index in [0.717, 1.165) is 39.3 Å². The summed E-state index contributed by atoms with van der Waals surface area (Å²) in [5, 5.41) is 19.1. The van der Waals surface area contributed by atoms with Crippen molar-refractivity contribution in [3.05, 3.63) is 11.3 Å². The standard InChI is InChI=1S/C18H29N3O3/c22-10-9-21-7-5-20(6-8-21)4-3-19-13-16-17(23)11-15(12-18(16)24)14-1-2-14/h13-15,22-23H,1-12H2. The van der Waals surface area contributed by atoms with E-state index in [9.17, 15) is 9.90 Å². The number of hydrogen-bond acceptors (Lipinski definition) is 6. The van der Waals surface area contributed by atoms with Crippen LogP contribution in [0.4, 0.5) is 0 Å². The third kappa shape index (κ3) is 4.65. The molecule has 1 unspecified atom stereocenters. The van der Waals surface area contributed by atoms with Crippen LogP contribution < -0.4 is 0 Å². The minimum absolute atomic E-state index is 0.0528. The average molecular weight is 335 g/mol. The van der Waals surface area contributed by atoms with E-state index >= 15 is 0 Å². The minimum Gasteiger partial charge on any atom is -0.511 e. The lowest BCUT2D eigenvalue weighted by molar-refractivity contribution is -0.116. The number of allylic oxidation sites excluding steroid dienone is 2. The number of aliphatic hydroxyl groups is 2. The first-order valence-electron chi connectivity index (χ1n) is 9.18. The van der Waals surface area contributed by atoms with Gasteiger partial charge in [0.15, 0.2) is 5.78 Å². The molecule has 2 aliphatic carbocycles. The van der Waals surface area contributed by atoms with Crippen LogP contribution in [0.2, 0.25) is 0 Å². The SMILES string of the molecule is O=C1CC(C2CC2)CC(O)=C1C=NCCN1CCN(CCO)CC1. The topological polar surface area (TPSA) is 76.4 Å². The predicted molar refractivity (Wildman–Crippen MR) is 93.4 cm³/mol. The van der Waals surface area contributed by atoms with Crippen LogP contribution in [-0.2, 0) is 4.79 Å². The Morgan fingerprint density at radius 1 is 1.04 bits per heavy atom. The molecule has 2 fully saturated rings. The smallest absolute Gasteiger partial charge is 0.168 e. The maximum absolute atomic E-state index is 12.2. The Balaban J connectivity index is 1.41. The van der Waals surface area contributed by atoms with Crippen molar-refractivity contribution in [3.8, 4) is 0 Å². The highest BCUT2D eigenvalue weighted by Crippen LogP contribution is 2.43. The predicted octanol–water partition coefficient (Wildman–Crippen LogP) is 0.868. The van der Waals surface area contributed by atoms with Crippen LogP contribution in [0, 0.1) is 11.8 Å². The highest BCUT2D eigenvalue weighted by atomic mass is 16.3. The van der Waals surface area contributed by atoms with Gasteiger partial charge in [-0.2, -0.15) is 0 Å². The largest absolute Gasteiger partial charge is 0.511 e. The number of carbonyl (C=O) groups excluding carboxylic acids is 1. The summed E-state index contributed by atoms with van der Waals surface area (Å²) in [6.45, 7) is 6.44. The number of rotatable bonds is 7. The molecule has 3 rings (SSSR count). The number of piperazine rings is 1. The van der Waals surface area contributed by atoms with Gasteiger partial charge in [0.1, 0.15) is 5.76 Å². The molecule has 0 amide bonds. The van der Waals surface area contributed by atoms with Crippen LogP contribution in [0.15, 0.2) is 16.3 Å². The minimum atomic E-state index is 0.0528. The second-order valence-corrected chi connectivity index (χ2v) is 7.23. The van der Waals surface area contributed by atoms with Crippen molar-refractivity contribution < 1.29 is 15.0 Å². The van der Waals surface area contributed by atoms with Crippen LogP contribution in [0.25, 0.3) is 0 Å². The van der Waals surface area contributed by atoms with E-state index in [1.165, 1.54) is 12.8 Å². The van der Waals surface area contributed by atoms with Gasteiger partial charge in [0, 0.05) is 58.3 Å². The number of Topliss-reactive ketones (excluding diaryl/α,β-unsaturated/α-hetero) is 1. The van der Waals surface area contributed by atoms with E-state index in [1.54, 1.807) is 6.21 Å². The van der Waals surface area contributed by atoms with Crippen LogP contribution in [0.1, 0.15) is 25.7 Å². The van der Waals surface area contributed by atoms with Gasteiger partial charge in [-0.25, -0.2) is 0 Å². The summed E-state index contributed by atoms with van der Waals surface area (Å²) < 4.78 is 0. The van der Waals surface area contributed by atoms with Crippen LogP contribution >= 0.6 is 0 Å². The van der Waals surface area contributed by atoms with Gasteiger partial charge in [-0.15, -0.1) is 0 Å². The molecule has 2 N–H and O–H groups in total. The Labute approximate surface area is 143 Å². The summed E-state index contributed by atoms with van der Waals surface area (Å²) in [5.74, 6) is 1.30. The van der Waals surface area contributed by atoms with Gasteiger partial charge in [0.25, 0.3) is 0 Å². The van der Waals surface area contributed by atoms with E-state index in [1.807, 2.05) is 0 Å². The number of aliphatic imine (C=N–C) groups is 1. The van der Waals surface area contributed by atoms with Crippen molar-refractivity contribution in [3.63, 3.8) is 0 Å². The van der Waals surface area contributed by atoms with Gasteiger partial charge in [0.05, 0.1) is 18.7 Å². The van der Waals surface area contributed by atoms with E-state index in [-0.39, 0.29) is 18.1 Å². The molecule has 0 aromatic heterocycles. The summed E-state index contributed by atoms with van der Waals surface area (Å²) in [6.07, 6.45) is 5.22. The summed E-state index contributed by atoms with van der Waals surface area (Å²) in [4.78, 5) is 21.2. The van der Waals surface area contributed by atoms with Crippen LogP contribution in [0.5, 0.6) is 0 Å². The van der Waals surface area contributed by atoms with Crippen molar-refractivity contribution in [2.75, 3.05) is 52.4 Å². The number of nitrogens with zero attached hydrogens (tertiary/aromatic N) is 3. The first-order valence-corrected chi connectivity index (χ1v) is 9.18. The zero-order chi connectivity index (χ0) is 16.9. The normalized spacial score (nSPS) is 27.4. The molecular formula is C18H29N3O3. The zero-order valence-corrected chi connectivity index (χ0v) is 14.4. The fourth-order valence-electron chi connectivity index (χ4n) is 3.72. The summed E-state index contributed by atoms with van der Waals surface area (Å²) in [6, 6.07) is 0. The lowest BCUT2D eigenvalue weighted by atomic mass is 9.84. The molecule has 0 aromatic rings. The van der Waals surface area contributed by atoms with Gasteiger partial charge in [0.2, 0.25) is 0 Å². The molecule has 6 heteroatoms. The highest BCUT2D eigenvalue weighted by molar-refractivity contribution is 6.14. The van der Waals surface area contributed by atoms with Crippen molar-refractivity contribution in [1.82, 2.24) is 9.80 Å². The molecule has 0 bridgehead atoms. The van der Waals surface area contributed by atoms with Crippen LogP contribution in [0.3, 0.4) is 0 Å². The third-order valence-electron chi connectivity index (χ3n) is 5.45. The monoisotopic (exact) mass is 335 g/mol. The van der Waals surface area contributed by atoms with Gasteiger partial charge in [-0.05, 0) is 24.7 Å². The molecule has 6 nitrogen and oxygen atoms in total. The van der Waals surface area contributed by atoms with E-state index < -0.39 is 0 Å². The molecule has 3 aliphatic rings. The quantitative estimate of drug-likeness (QED) is 0.675. The number of β-amino-alcohol motifs (C(OH)–C–C–N with tert-alkyl or cyclic N) is 1. The highest BCUT2D eigenvalue weighted by Gasteiger charge is 2.37. The molecule has 134 valence electrons. The zero-order valence-electron chi connectivity index (χ0n) is 14.4. The average Bonchev–Trinajstić information content (AvgIpc) is 3.40. The molecule has 1 heterocycles. The van der Waals surface area contributed by atoms with Gasteiger partial charge in [-0.1, -0.05) is 0 Å². The Hall–Kier alpha value is -1.24. The number of aliphatic hydroxyl groups excluding tert-OH is 2. The first kappa shape index (κ1) is 17.6. The van der Waals surface area contributed by atoms with E-state index in [0.29, 0.717) is 36.8 Å². The lowest BCUT2D eigenvalue weighted by Crippen LogP contribution is -2.47. The Kier molecular flexibility index (Phi) is 6.03. The number of carbonyl (C=O) groups is 1. The molecule has 1 saturated carbocycles.